The maximum Gasteiger partial charge on any atom is 0.335 e. The molecule has 0 radical (unpaired) electrons. The maximum atomic E-state index is 12.8. The van der Waals surface area contributed by atoms with Gasteiger partial charge in [-0.25, -0.2) is 9.86 Å². The lowest BCUT2D eigenvalue weighted by Crippen LogP contribution is -2.49. The third-order valence-electron chi connectivity index (χ3n) is 3.95. The Morgan fingerprint density at radius 1 is 1.44 bits per heavy atom. The third kappa shape index (κ3) is 5.66. The van der Waals surface area contributed by atoms with Gasteiger partial charge in [0, 0.05) is 6.54 Å². The van der Waals surface area contributed by atoms with Crippen LogP contribution in [0.5, 0.6) is 0 Å². The molecule has 1 aliphatic heterocycles. The molecule has 1 aromatic carbocycles. The summed E-state index contributed by atoms with van der Waals surface area (Å²) in [6.07, 6.45) is 1.83. The third-order valence-corrected chi connectivity index (χ3v) is 4.26. The maximum absolute atomic E-state index is 12.8. The number of hydrogen-bond acceptors (Lipinski definition) is 5. The molecule has 9 heteroatoms. The number of benzene rings is 1. The van der Waals surface area contributed by atoms with Crippen LogP contribution in [0.15, 0.2) is 18.2 Å². The second-order valence-corrected chi connectivity index (χ2v) is 7.65. The molecule has 0 aliphatic carbocycles. The van der Waals surface area contributed by atoms with E-state index in [0.29, 0.717) is 13.0 Å². The number of rotatable bonds is 7. The van der Waals surface area contributed by atoms with E-state index in [2.05, 4.69) is 5.32 Å². The Labute approximate surface area is 163 Å². The van der Waals surface area contributed by atoms with Crippen molar-refractivity contribution in [2.75, 3.05) is 13.2 Å². The van der Waals surface area contributed by atoms with E-state index in [1.807, 2.05) is 20.8 Å². The van der Waals surface area contributed by atoms with E-state index >= 15 is 0 Å². The second kappa shape index (κ2) is 8.69. The second-order valence-electron chi connectivity index (χ2n) is 7.24. The van der Waals surface area contributed by atoms with E-state index in [4.69, 9.17) is 21.5 Å². The summed E-state index contributed by atoms with van der Waals surface area (Å²) in [6, 6.07) is 4.04. The lowest BCUT2D eigenvalue weighted by atomic mass is 10.1. The number of nitrogens with one attached hydrogen (secondary N) is 1. The summed E-state index contributed by atoms with van der Waals surface area (Å²) >= 11 is 6.11. The minimum Gasteiger partial charge on any atom is -0.478 e. The predicted molar refractivity (Wildman–Crippen MR) is 99.2 cm³/mol. The number of carbonyl (C=O) groups is 3. The van der Waals surface area contributed by atoms with Crippen molar-refractivity contribution in [3.63, 3.8) is 0 Å². The van der Waals surface area contributed by atoms with E-state index in [-0.39, 0.29) is 34.9 Å². The van der Waals surface area contributed by atoms with Gasteiger partial charge in [0.15, 0.2) is 0 Å². The van der Waals surface area contributed by atoms with Crippen LogP contribution in [0, 0.1) is 0 Å². The molecule has 1 saturated heterocycles. The van der Waals surface area contributed by atoms with Gasteiger partial charge in [-0.3, -0.25) is 19.7 Å². The van der Waals surface area contributed by atoms with Gasteiger partial charge >= 0.3 is 5.97 Å². The summed E-state index contributed by atoms with van der Waals surface area (Å²) in [4.78, 5) is 42.2. The zero-order valence-corrected chi connectivity index (χ0v) is 16.3. The SMILES string of the molecule is CC(C)(C)ON(C=O)CNC1CCCN1C(=O)c1ccc(C(=O)O)cc1Cl. The van der Waals surface area contributed by atoms with Crippen LogP contribution >= 0.6 is 11.6 Å². The van der Waals surface area contributed by atoms with Gasteiger partial charge in [0.25, 0.3) is 5.91 Å². The fourth-order valence-corrected chi connectivity index (χ4v) is 3.10. The van der Waals surface area contributed by atoms with E-state index in [1.54, 1.807) is 4.90 Å². The number of aromatic carboxylic acids is 1. The summed E-state index contributed by atoms with van der Waals surface area (Å²) < 4.78 is 0. The van der Waals surface area contributed by atoms with Gasteiger partial charge in [0.1, 0.15) is 0 Å². The van der Waals surface area contributed by atoms with Crippen molar-refractivity contribution in [1.82, 2.24) is 15.3 Å². The molecule has 8 nitrogen and oxygen atoms in total. The highest BCUT2D eigenvalue weighted by atomic mass is 35.5. The minimum atomic E-state index is -1.11. The number of hydroxylamine groups is 2. The van der Waals surface area contributed by atoms with Crippen LogP contribution in [0.4, 0.5) is 0 Å². The average Bonchev–Trinajstić information content (AvgIpc) is 3.05. The molecule has 2 amide bonds. The van der Waals surface area contributed by atoms with Crippen LogP contribution in [-0.2, 0) is 9.63 Å². The molecular formula is C18H24ClN3O5. The number of nitrogens with zero attached hydrogens (tertiary/aromatic N) is 2. The highest BCUT2D eigenvalue weighted by molar-refractivity contribution is 6.34. The van der Waals surface area contributed by atoms with Crippen LogP contribution in [0.2, 0.25) is 5.02 Å². The van der Waals surface area contributed by atoms with Crippen LogP contribution in [-0.4, -0.2) is 58.3 Å². The van der Waals surface area contributed by atoms with Crippen molar-refractivity contribution >= 4 is 29.9 Å². The molecule has 148 valence electrons. The van der Waals surface area contributed by atoms with Crippen molar-refractivity contribution in [2.24, 2.45) is 0 Å². The van der Waals surface area contributed by atoms with Gasteiger partial charge in [-0.15, -0.1) is 0 Å². The molecule has 0 spiro atoms. The van der Waals surface area contributed by atoms with Gasteiger partial charge in [0.2, 0.25) is 6.41 Å². The Morgan fingerprint density at radius 2 is 2.15 bits per heavy atom. The van der Waals surface area contributed by atoms with Gasteiger partial charge in [-0.05, 0) is 51.8 Å². The van der Waals surface area contributed by atoms with E-state index in [0.717, 1.165) is 17.9 Å². The number of carboxylic acids is 1. The highest BCUT2D eigenvalue weighted by Gasteiger charge is 2.31. The number of halogens is 1. The van der Waals surface area contributed by atoms with Crippen molar-refractivity contribution in [2.45, 2.75) is 45.4 Å². The summed E-state index contributed by atoms with van der Waals surface area (Å²) in [5.74, 6) is -1.40. The molecule has 1 atom stereocenters. The fraction of sp³-hybridized carbons (Fsp3) is 0.500. The normalized spacial score (nSPS) is 17.0. The first-order chi connectivity index (χ1) is 12.6. The van der Waals surface area contributed by atoms with Gasteiger partial charge in [0.05, 0.1) is 34.6 Å². The number of carboxylic acid groups (broad SMARTS) is 1. The van der Waals surface area contributed by atoms with E-state index in [1.165, 1.54) is 18.2 Å². The fourth-order valence-electron chi connectivity index (χ4n) is 2.84. The number of amides is 2. The van der Waals surface area contributed by atoms with Gasteiger partial charge in [-0.1, -0.05) is 11.6 Å². The summed E-state index contributed by atoms with van der Waals surface area (Å²) in [6.45, 7) is 6.16. The Bertz CT molecular complexity index is 719. The Balaban J connectivity index is 2.06. The van der Waals surface area contributed by atoms with Crippen molar-refractivity contribution in [1.29, 1.82) is 0 Å². The van der Waals surface area contributed by atoms with Crippen LogP contribution < -0.4 is 5.32 Å². The zero-order chi connectivity index (χ0) is 20.2. The van der Waals surface area contributed by atoms with Crippen molar-refractivity contribution in [3.05, 3.63) is 34.3 Å². The number of carbonyl (C=O) groups excluding carboxylic acids is 2. The quantitative estimate of drug-likeness (QED) is 0.416. The highest BCUT2D eigenvalue weighted by Crippen LogP contribution is 2.24. The van der Waals surface area contributed by atoms with Crippen molar-refractivity contribution < 1.29 is 24.3 Å². The summed E-state index contributed by atoms with van der Waals surface area (Å²) in [5.41, 5.74) is -0.255. The smallest absolute Gasteiger partial charge is 0.335 e. The lowest BCUT2D eigenvalue weighted by Gasteiger charge is -2.30. The molecule has 0 saturated carbocycles. The molecule has 1 fully saturated rings. The number of likely N-dealkylation sites (tertiary alicyclic amines) is 1. The first-order valence-electron chi connectivity index (χ1n) is 8.60. The molecular weight excluding hydrogens is 374 g/mol. The Hall–Kier alpha value is -2.16. The average molecular weight is 398 g/mol. The topological polar surface area (TPSA) is 99.2 Å². The lowest BCUT2D eigenvalue weighted by molar-refractivity contribution is -0.219. The molecule has 0 bridgehead atoms. The molecule has 1 aliphatic rings. The Morgan fingerprint density at radius 3 is 2.70 bits per heavy atom. The van der Waals surface area contributed by atoms with Gasteiger partial charge < -0.3 is 10.0 Å². The standard InChI is InChI=1S/C18H24ClN3O5/c1-18(2,3)27-21(11-23)10-20-15-5-4-8-22(15)16(24)13-7-6-12(17(25)26)9-14(13)19/h6-7,9,11,15,20H,4-5,8,10H2,1-3H3,(H,25,26). The monoisotopic (exact) mass is 397 g/mol. The summed E-state index contributed by atoms with van der Waals surface area (Å²) in [5, 5.41) is 13.4. The molecule has 1 aromatic rings. The van der Waals surface area contributed by atoms with Crippen LogP contribution in [0.25, 0.3) is 0 Å². The van der Waals surface area contributed by atoms with Gasteiger partial charge in [-0.2, -0.15) is 0 Å². The molecule has 0 aromatic heterocycles. The molecule has 27 heavy (non-hydrogen) atoms. The Kier molecular flexibility index (Phi) is 6.80. The van der Waals surface area contributed by atoms with Crippen LogP contribution in [0.1, 0.15) is 54.3 Å². The first kappa shape index (κ1) is 21.1. The molecule has 1 unspecified atom stereocenters. The molecule has 2 N–H and O–H groups in total. The molecule has 1 heterocycles. The van der Waals surface area contributed by atoms with E-state index in [9.17, 15) is 14.4 Å². The summed E-state index contributed by atoms with van der Waals surface area (Å²) in [7, 11) is 0. The van der Waals surface area contributed by atoms with E-state index < -0.39 is 11.6 Å². The minimum absolute atomic E-state index is 0.0219. The van der Waals surface area contributed by atoms with Crippen molar-refractivity contribution in [3.8, 4) is 0 Å². The first-order valence-corrected chi connectivity index (χ1v) is 8.98. The van der Waals surface area contributed by atoms with Crippen LogP contribution in [0.3, 0.4) is 0 Å². The number of hydrogen-bond donors (Lipinski definition) is 2. The zero-order valence-electron chi connectivity index (χ0n) is 15.6. The predicted octanol–water partition coefficient (Wildman–Crippen LogP) is 2.34. The molecule has 2 rings (SSSR count). The largest absolute Gasteiger partial charge is 0.478 e.